The number of benzene rings is 2. The number of hydrogen-bond donors (Lipinski definition) is 2. The summed E-state index contributed by atoms with van der Waals surface area (Å²) < 4.78 is 11.0. The molecule has 7 heteroatoms. The van der Waals surface area contributed by atoms with Gasteiger partial charge in [0, 0.05) is 24.6 Å². The standard InChI is InChI=1S/C24H29N3O4/c1-30-21-8-2-18(3-9-21)15-25-24(29)27-12-13-31-22-10-4-17(14-19(22)16-27)5-11-23(28)26-20-6-7-20/h2-4,8-10,14,20H,5-7,11-13,15-16H2,1H3,(H,25,29)(H,26,28). The molecule has 1 aliphatic heterocycles. The van der Waals surface area contributed by atoms with E-state index in [1.54, 1.807) is 12.0 Å². The lowest BCUT2D eigenvalue weighted by Crippen LogP contribution is -2.40. The number of rotatable bonds is 7. The number of fused-ring (bicyclic) bond motifs is 1. The Bertz CT molecular complexity index is 925. The molecule has 0 spiro atoms. The molecular weight excluding hydrogens is 394 g/mol. The van der Waals surface area contributed by atoms with Gasteiger partial charge in [-0.05, 0) is 48.6 Å². The Kier molecular flexibility index (Phi) is 6.60. The molecule has 2 aromatic rings. The largest absolute Gasteiger partial charge is 0.497 e. The molecular formula is C24H29N3O4. The predicted molar refractivity (Wildman–Crippen MR) is 117 cm³/mol. The Morgan fingerprint density at radius 2 is 1.90 bits per heavy atom. The van der Waals surface area contributed by atoms with Crippen molar-refractivity contribution in [3.63, 3.8) is 0 Å². The molecule has 0 unspecified atom stereocenters. The molecule has 164 valence electrons. The molecule has 0 bridgehead atoms. The topological polar surface area (TPSA) is 79.9 Å². The fourth-order valence-corrected chi connectivity index (χ4v) is 3.59. The number of urea groups is 1. The summed E-state index contributed by atoms with van der Waals surface area (Å²) in [5, 5.41) is 6.00. The van der Waals surface area contributed by atoms with Gasteiger partial charge in [-0.3, -0.25) is 4.79 Å². The van der Waals surface area contributed by atoms with Crippen LogP contribution in [-0.4, -0.2) is 43.1 Å². The Morgan fingerprint density at radius 3 is 2.65 bits per heavy atom. The van der Waals surface area contributed by atoms with E-state index in [9.17, 15) is 9.59 Å². The van der Waals surface area contributed by atoms with Gasteiger partial charge in [-0.15, -0.1) is 0 Å². The van der Waals surface area contributed by atoms with Crippen molar-refractivity contribution in [2.75, 3.05) is 20.3 Å². The number of methoxy groups -OCH3 is 1. The van der Waals surface area contributed by atoms with Crippen molar-refractivity contribution >= 4 is 11.9 Å². The van der Waals surface area contributed by atoms with Gasteiger partial charge < -0.3 is 25.0 Å². The number of nitrogens with one attached hydrogen (secondary N) is 2. The fourth-order valence-electron chi connectivity index (χ4n) is 3.59. The van der Waals surface area contributed by atoms with Crippen LogP contribution in [0.4, 0.5) is 4.79 Å². The van der Waals surface area contributed by atoms with E-state index in [2.05, 4.69) is 16.7 Å². The number of carbonyl (C=O) groups excluding carboxylic acids is 2. The zero-order valence-corrected chi connectivity index (χ0v) is 17.9. The highest BCUT2D eigenvalue weighted by atomic mass is 16.5. The summed E-state index contributed by atoms with van der Waals surface area (Å²) in [6.45, 7) is 1.89. The van der Waals surface area contributed by atoms with Crippen LogP contribution in [0.25, 0.3) is 0 Å². The van der Waals surface area contributed by atoms with Gasteiger partial charge in [-0.2, -0.15) is 0 Å². The van der Waals surface area contributed by atoms with E-state index >= 15 is 0 Å². The second kappa shape index (κ2) is 9.73. The molecule has 4 rings (SSSR count). The van der Waals surface area contributed by atoms with E-state index in [0.29, 0.717) is 45.1 Å². The molecule has 0 atom stereocenters. The molecule has 2 aliphatic rings. The van der Waals surface area contributed by atoms with Crippen molar-refractivity contribution in [1.29, 1.82) is 0 Å². The molecule has 3 amide bonds. The zero-order chi connectivity index (χ0) is 21.6. The molecule has 1 saturated carbocycles. The number of ether oxygens (including phenoxy) is 2. The highest BCUT2D eigenvalue weighted by Crippen LogP contribution is 2.25. The van der Waals surface area contributed by atoms with Gasteiger partial charge in [0.1, 0.15) is 18.1 Å². The van der Waals surface area contributed by atoms with E-state index in [1.165, 1.54) is 0 Å². The zero-order valence-electron chi connectivity index (χ0n) is 17.9. The molecule has 0 saturated heterocycles. The molecule has 1 fully saturated rings. The van der Waals surface area contributed by atoms with E-state index in [1.807, 2.05) is 36.4 Å². The van der Waals surface area contributed by atoms with Gasteiger partial charge in [0.25, 0.3) is 0 Å². The number of carbonyl (C=O) groups is 2. The smallest absolute Gasteiger partial charge is 0.318 e. The van der Waals surface area contributed by atoms with Crippen molar-refractivity contribution < 1.29 is 19.1 Å². The van der Waals surface area contributed by atoms with Crippen molar-refractivity contribution in [3.8, 4) is 11.5 Å². The van der Waals surface area contributed by atoms with Crippen LogP contribution >= 0.6 is 0 Å². The van der Waals surface area contributed by atoms with E-state index < -0.39 is 0 Å². The monoisotopic (exact) mass is 423 g/mol. The van der Waals surface area contributed by atoms with E-state index in [0.717, 1.165) is 41.0 Å². The lowest BCUT2D eigenvalue weighted by Gasteiger charge is -2.20. The van der Waals surface area contributed by atoms with Crippen LogP contribution in [0.15, 0.2) is 42.5 Å². The maximum Gasteiger partial charge on any atom is 0.318 e. The molecule has 2 aromatic carbocycles. The SMILES string of the molecule is COc1ccc(CNC(=O)N2CCOc3ccc(CCC(=O)NC4CC4)cc3C2)cc1. The highest BCUT2D eigenvalue weighted by molar-refractivity contribution is 5.77. The maximum atomic E-state index is 12.7. The molecule has 7 nitrogen and oxygen atoms in total. The molecule has 31 heavy (non-hydrogen) atoms. The average Bonchev–Trinajstić information content (AvgIpc) is 3.62. The predicted octanol–water partition coefficient (Wildman–Crippen LogP) is 3.01. The van der Waals surface area contributed by atoms with Crippen LogP contribution in [0.2, 0.25) is 0 Å². The third-order valence-electron chi connectivity index (χ3n) is 5.58. The minimum absolute atomic E-state index is 0.105. The normalized spacial score (nSPS) is 15.3. The number of amides is 3. The summed E-state index contributed by atoms with van der Waals surface area (Å²) in [5.41, 5.74) is 3.05. The Hall–Kier alpha value is -3.22. The summed E-state index contributed by atoms with van der Waals surface area (Å²) in [5.74, 6) is 1.70. The Morgan fingerprint density at radius 1 is 1.13 bits per heavy atom. The van der Waals surface area contributed by atoms with Crippen LogP contribution in [0.5, 0.6) is 11.5 Å². The minimum Gasteiger partial charge on any atom is -0.497 e. The van der Waals surface area contributed by atoms with Crippen LogP contribution in [0.1, 0.15) is 36.0 Å². The first kappa shape index (κ1) is 21.0. The van der Waals surface area contributed by atoms with Crippen LogP contribution in [0, 0.1) is 0 Å². The summed E-state index contributed by atoms with van der Waals surface area (Å²) in [6.07, 6.45) is 3.34. The van der Waals surface area contributed by atoms with Gasteiger partial charge in [0.2, 0.25) is 5.91 Å². The summed E-state index contributed by atoms with van der Waals surface area (Å²) in [7, 11) is 1.63. The lowest BCUT2D eigenvalue weighted by atomic mass is 10.0. The lowest BCUT2D eigenvalue weighted by molar-refractivity contribution is -0.121. The highest BCUT2D eigenvalue weighted by Gasteiger charge is 2.23. The quantitative estimate of drug-likeness (QED) is 0.718. The number of nitrogens with zero attached hydrogens (tertiary/aromatic N) is 1. The molecule has 2 N–H and O–H groups in total. The van der Waals surface area contributed by atoms with Crippen molar-refractivity contribution in [2.45, 2.75) is 44.8 Å². The maximum absolute atomic E-state index is 12.7. The second-order valence-corrected chi connectivity index (χ2v) is 8.06. The van der Waals surface area contributed by atoms with Crippen molar-refractivity contribution in [3.05, 3.63) is 59.2 Å². The van der Waals surface area contributed by atoms with Crippen LogP contribution in [-0.2, 0) is 24.3 Å². The second-order valence-electron chi connectivity index (χ2n) is 8.06. The summed E-state index contributed by atoms with van der Waals surface area (Å²) in [6, 6.07) is 13.9. The van der Waals surface area contributed by atoms with Crippen molar-refractivity contribution in [1.82, 2.24) is 15.5 Å². The van der Waals surface area contributed by atoms with Crippen molar-refractivity contribution in [2.24, 2.45) is 0 Å². The fraction of sp³-hybridized carbons (Fsp3) is 0.417. The molecule has 1 aliphatic carbocycles. The van der Waals surface area contributed by atoms with Gasteiger partial charge in [-0.1, -0.05) is 24.3 Å². The first-order valence-corrected chi connectivity index (χ1v) is 10.8. The van der Waals surface area contributed by atoms with E-state index in [-0.39, 0.29) is 11.9 Å². The Balaban J connectivity index is 1.33. The van der Waals surface area contributed by atoms with Gasteiger partial charge in [-0.25, -0.2) is 4.79 Å². The summed E-state index contributed by atoms with van der Waals surface area (Å²) >= 11 is 0. The van der Waals surface area contributed by atoms with Crippen LogP contribution < -0.4 is 20.1 Å². The van der Waals surface area contributed by atoms with Crippen LogP contribution in [0.3, 0.4) is 0 Å². The first-order valence-electron chi connectivity index (χ1n) is 10.8. The molecule has 0 radical (unpaired) electrons. The van der Waals surface area contributed by atoms with Gasteiger partial charge in [0.15, 0.2) is 0 Å². The van der Waals surface area contributed by atoms with Gasteiger partial charge in [0.05, 0.1) is 20.2 Å². The summed E-state index contributed by atoms with van der Waals surface area (Å²) in [4.78, 5) is 26.5. The third kappa shape index (κ3) is 5.90. The third-order valence-corrected chi connectivity index (χ3v) is 5.58. The average molecular weight is 424 g/mol. The molecule has 0 aromatic heterocycles. The van der Waals surface area contributed by atoms with E-state index in [4.69, 9.17) is 9.47 Å². The Labute approximate surface area is 182 Å². The molecule has 1 heterocycles. The first-order chi connectivity index (χ1) is 15.1. The number of hydrogen-bond acceptors (Lipinski definition) is 4. The van der Waals surface area contributed by atoms with Gasteiger partial charge >= 0.3 is 6.03 Å². The minimum atomic E-state index is -0.124. The number of aryl methyl sites for hydroxylation is 1.